The van der Waals surface area contributed by atoms with Crippen molar-refractivity contribution in [1.82, 2.24) is 0 Å². The molecular formula is C12H16. The van der Waals surface area contributed by atoms with E-state index in [1.54, 1.807) is 5.56 Å². The largest absolute Gasteiger partial charge is 0.0645 e. The average molecular weight is 160 g/mol. The van der Waals surface area contributed by atoms with Crippen LogP contribution in [0.25, 0.3) is 0 Å². The van der Waals surface area contributed by atoms with Gasteiger partial charge in [0.15, 0.2) is 0 Å². The van der Waals surface area contributed by atoms with Crippen molar-refractivity contribution in [2.75, 3.05) is 0 Å². The second-order valence-corrected chi connectivity index (χ2v) is 3.98. The Labute approximate surface area is 74.6 Å². The minimum absolute atomic E-state index is 0.543. The molecule has 0 amide bonds. The van der Waals surface area contributed by atoms with Crippen LogP contribution in [-0.4, -0.2) is 0 Å². The van der Waals surface area contributed by atoms with Gasteiger partial charge in [-0.2, -0.15) is 0 Å². The SMILES string of the molecule is CCC1(c2ccccc2)CC1C. The molecule has 1 aromatic carbocycles. The van der Waals surface area contributed by atoms with Gasteiger partial charge < -0.3 is 0 Å². The summed E-state index contributed by atoms with van der Waals surface area (Å²) in [5.41, 5.74) is 2.08. The molecule has 2 atom stereocenters. The fourth-order valence-corrected chi connectivity index (χ4v) is 2.36. The van der Waals surface area contributed by atoms with Crippen molar-refractivity contribution in [3.63, 3.8) is 0 Å². The van der Waals surface area contributed by atoms with Gasteiger partial charge in [0, 0.05) is 0 Å². The predicted octanol–water partition coefficient (Wildman–Crippen LogP) is 3.37. The van der Waals surface area contributed by atoms with E-state index in [1.807, 2.05) is 0 Å². The van der Waals surface area contributed by atoms with Gasteiger partial charge in [0.05, 0.1) is 0 Å². The molecule has 0 radical (unpaired) electrons. The minimum Gasteiger partial charge on any atom is -0.0645 e. The third-order valence-electron chi connectivity index (χ3n) is 3.43. The van der Waals surface area contributed by atoms with Crippen LogP contribution in [0.5, 0.6) is 0 Å². The maximum absolute atomic E-state index is 2.36. The van der Waals surface area contributed by atoms with E-state index < -0.39 is 0 Å². The second kappa shape index (κ2) is 2.62. The smallest absolute Gasteiger partial charge is 0.00208 e. The molecule has 12 heavy (non-hydrogen) atoms. The summed E-state index contributed by atoms with van der Waals surface area (Å²) in [6.07, 6.45) is 2.67. The van der Waals surface area contributed by atoms with Crippen LogP contribution in [0, 0.1) is 5.92 Å². The minimum atomic E-state index is 0.543. The Bertz CT molecular complexity index is 259. The molecular weight excluding hydrogens is 144 g/mol. The lowest BCUT2D eigenvalue weighted by molar-refractivity contribution is 0.607. The van der Waals surface area contributed by atoms with Gasteiger partial charge >= 0.3 is 0 Å². The molecule has 0 spiro atoms. The van der Waals surface area contributed by atoms with Crippen molar-refractivity contribution in [3.8, 4) is 0 Å². The van der Waals surface area contributed by atoms with Crippen LogP contribution in [0.4, 0.5) is 0 Å². The summed E-state index contributed by atoms with van der Waals surface area (Å²) in [6, 6.07) is 10.9. The summed E-state index contributed by atoms with van der Waals surface area (Å²) in [5.74, 6) is 0.893. The second-order valence-electron chi connectivity index (χ2n) is 3.98. The van der Waals surface area contributed by atoms with Crippen molar-refractivity contribution in [2.45, 2.75) is 32.1 Å². The fourth-order valence-electron chi connectivity index (χ4n) is 2.36. The molecule has 2 rings (SSSR count). The highest BCUT2D eigenvalue weighted by Gasteiger charge is 2.50. The molecule has 1 fully saturated rings. The molecule has 0 bridgehead atoms. The lowest BCUT2D eigenvalue weighted by Crippen LogP contribution is -2.06. The Morgan fingerprint density at radius 1 is 1.33 bits per heavy atom. The maximum atomic E-state index is 2.36. The van der Waals surface area contributed by atoms with Crippen molar-refractivity contribution in [2.24, 2.45) is 5.92 Å². The molecule has 64 valence electrons. The highest BCUT2D eigenvalue weighted by Crippen LogP contribution is 2.56. The standard InChI is InChI=1S/C12H16/c1-3-12(9-10(12)2)11-7-5-4-6-8-11/h4-8,10H,3,9H2,1-2H3. The van der Waals surface area contributed by atoms with Crippen molar-refractivity contribution >= 4 is 0 Å². The summed E-state index contributed by atoms with van der Waals surface area (Å²) < 4.78 is 0. The van der Waals surface area contributed by atoms with Gasteiger partial charge in [0.1, 0.15) is 0 Å². The Morgan fingerprint density at radius 2 is 1.92 bits per heavy atom. The molecule has 0 aromatic heterocycles. The average Bonchev–Trinajstić information content (AvgIpc) is 2.80. The van der Waals surface area contributed by atoms with Gasteiger partial charge in [0.25, 0.3) is 0 Å². The van der Waals surface area contributed by atoms with Gasteiger partial charge in [-0.15, -0.1) is 0 Å². The first-order valence-corrected chi connectivity index (χ1v) is 4.85. The highest BCUT2D eigenvalue weighted by atomic mass is 14.5. The highest BCUT2D eigenvalue weighted by molar-refractivity contribution is 5.32. The molecule has 1 saturated carbocycles. The normalized spacial score (nSPS) is 33.3. The lowest BCUT2D eigenvalue weighted by Gasteiger charge is -2.13. The van der Waals surface area contributed by atoms with E-state index in [9.17, 15) is 0 Å². The molecule has 0 heteroatoms. The van der Waals surface area contributed by atoms with Crippen LogP contribution in [-0.2, 0) is 5.41 Å². The lowest BCUT2D eigenvalue weighted by atomic mass is 9.91. The van der Waals surface area contributed by atoms with E-state index in [1.165, 1.54) is 12.8 Å². The van der Waals surface area contributed by atoms with E-state index in [0.717, 1.165) is 5.92 Å². The maximum Gasteiger partial charge on any atom is -0.00208 e. The van der Waals surface area contributed by atoms with E-state index in [2.05, 4.69) is 44.2 Å². The van der Waals surface area contributed by atoms with Gasteiger partial charge in [0.2, 0.25) is 0 Å². The van der Waals surface area contributed by atoms with Gasteiger partial charge in [-0.1, -0.05) is 44.2 Å². The van der Waals surface area contributed by atoms with E-state index >= 15 is 0 Å². The zero-order chi connectivity index (χ0) is 8.60. The third kappa shape index (κ3) is 0.979. The van der Waals surface area contributed by atoms with Gasteiger partial charge in [-0.25, -0.2) is 0 Å². The number of hydrogen-bond donors (Lipinski definition) is 0. The molecule has 0 heterocycles. The summed E-state index contributed by atoms with van der Waals surface area (Å²) in [7, 11) is 0. The van der Waals surface area contributed by atoms with Crippen LogP contribution in [0.1, 0.15) is 32.3 Å². The first-order valence-electron chi connectivity index (χ1n) is 4.85. The monoisotopic (exact) mass is 160 g/mol. The Balaban J connectivity index is 2.31. The van der Waals surface area contributed by atoms with E-state index in [0.29, 0.717) is 5.41 Å². The van der Waals surface area contributed by atoms with Crippen LogP contribution in [0.2, 0.25) is 0 Å². The molecule has 2 unspecified atom stereocenters. The van der Waals surface area contributed by atoms with Gasteiger partial charge in [-0.05, 0) is 29.7 Å². The molecule has 1 aliphatic carbocycles. The molecule has 1 aromatic rings. The summed E-state index contributed by atoms with van der Waals surface area (Å²) in [4.78, 5) is 0. The van der Waals surface area contributed by atoms with E-state index in [-0.39, 0.29) is 0 Å². The Kier molecular flexibility index (Phi) is 1.71. The summed E-state index contributed by atoms with van der Waals surface area (Å²) in [6.45, 7) is 4.66. The third-order valence-corrected chi connectivity index (χ3v) is 3.43. The first kappa shape index (κ1) is 7.85. The summed E-state index contributed by atoms with van der Waals surface area (Å²) >= 11 is 0. The van der Waals surface area contributed by atoms with Crippen molar-refractivity contribution in [3.05, 3.63) is 35.9 Å². The van der Waals surface area contributed by atoms with Gasteiger partial charge in [-0.3, -0.25) is 0 Å². The predicted molar refractivity (Wildman–Crippen MR) is 52.2 cm³/mol. The van der Waals surface area contributed by atoms with Crippen LogP contribution < -0.4 is 0 Å². The summed E-state index contributed by atoms with van der Waals surface area (Å²) in [5, 5.41) is 0. The molecule has 0 saturated heterocycles. The Hall–Kier alpha value is -0.780. The Morgan fingerprint density at radius 3 is 2.33 bits per heavy atom. The van der Waals surface area contributed by atoms with Crippen LogP contribution in [0.3, 0.4) is 0 Å². The number of hydrogen-bond acceptors (Lipinski definition) is 0. The topological polar surface area (TPSA) is 0 Å². The first-order chi connectivity index (χ1) is 5.79. The molecule has 0 aliphatic heterocycles. The molecule has 0 nitrogen and oxygen atoms in total. The molecule has 0 N–H and O–H groups in total. The van der Waals surface area contributed by atoms with Crippen LogP contribution in [0.15, 0.2) is 30.3 Å². The molecule has 1 aliphatic rings. The van der Waals surface area contributed by atoms with Crippen molar-refractivity contribution < 1.29 is 0 Å². The van der Waals surface area contributed by atoms with E-state index in [4.69, 9.17) is 0 Å². The van der Waals surface area contributed by atoms with Crippen LogP contribution >= 0.6 is 0 Å². The fraction of sp³-hybridized carbons (Fsp3) is 0.500. The zero-order valence-electron chi connectivity index (χ0n) is 7.88. The zero-order valence-corrected chi connectivity index (χ0v) is 7.88. The van der Waals surface area contributed by atoms with Crippen molar-refractivity contribution in [1.29, 1.82) is 0 Å². The number of benzene rings is 1. The number of rotatable bonds is 2. The quantitative estimate of drug-likeness (QED) is 0.622.